The van der Waals surface area contributed by atoms with Crippen LogP contribution in [0.25, 0.3) is 0 Å². The minimum atomic E-state index is -1.12. The van der Waals surface area contributed by atoms with Gasteiger partial charge in [-0.2, -0.15) is 0 Å². The fourth-order valence-corrected chi connectivity index (χ4v) is 5.48. The van der Waals surface area contributed by atoms with Crippen molar-refractivity contribution >= 4 is 35.8 Å². The number of ether oxygens (including phenoxy) is 1. The van der Waals surface area contributed by atoms with E-state index in [1.54, 1.807) is 30.1 Å². The summed E-state index contributed by atoms with van der Waals surface area (Å²) in [5, 5.41) is 3.25. The van der Waals surface area contributed by atoms with Gasteiger partial charge in [0.25, 0.3) is 0 Å². The minimum absolute atomic E-state index is 0.242. The summed E-state index contributed by atoms with van der Waals surface area (Å²) in [6, 6.07) is 24.0. The van der Waals surface area contributed by atoms with Gasteiger partial charge in [-0.05, 0) is 54.1 Å². The molecule has 1 aromatic heterocycles. The Kier molecular flexibility index (Phi) is 6.44. The molecule has 0 saturated carbocycles. The van der Waals surface area contributed by atoms with E-state index >= 15 is 0 Å². The van der Waals surface area contributed by atoms with E-state index in [4.69, 9.17) is 19.7 Å². The van der Waals surface area contributed by atoms with Crippen LogP contribution in [0.4, 0.5) is 10.6 Å². The Morgan fingerprint density at radius 2 is 1.64 bits per heavy atom. The summed E-state index contributed by atoms with van der Waals surface area (Å²) < 4.78 is 7.40. The van der Waals surface area contributed by atoms with E-state index in [1.165, 1.54) is 11.2 Å². The first kappa shape index (κ1) is 24.9. The number of aromatic nitrogens is 2. The molecule has 2 aliphatic heterocycles. The predicted octanol–water partition coefficient (Wildman–Crippen LogP) is 5.51. The number of benzene rings is 3. The Labute approximate surface area is 231 Å². The number of aliphatic imine (C=N–C) groups is 2. The van der Waals surface area contributed by atoms with Crippen LogP contribution >= 0.6 is 11.8 Å². The number of aryl methyl sites for hydroxylation is 1. The lowest BCUT2D eigenvalue weighted by molar-refractivity contribution is 0.225. The molecular formula is C30H28N6O2S. The van der Waals surface area contributed by atoms with E-state index in [0.29, 0.717) is 30.4 Å². The number of hydrogen-bond donors (Lipinski definition) is 1. The summed E-state index contributed by atoms with van der Waals surface area (Å²) in [7, 11) is 1.63. The van der Waals surface area contributed by atoms with Crippen molar-refractivity contribution in [2.45, 2.75) is 30.4 Å². The fourth-order valence-electron chi connectivity index (χ4n) is 5.07. The molecule has 1 unspecified atom stereocenters. The Hall–Kier alpha value is -4.37. The van der Waals surface area contributed by atoms with Gasteiger partial charge in [0.15, 0.2) is 17.2 Å². The zero-order valence-electron chi connectivity index (χ0n) is 22.0. The molecule has 6 rings (SSSR count). The van der Waals surface area contributed by atoms with Gasteiger partial charge in [0.2, 0.25) is 0 Å². The summed E-state index contributed by atoms with van der Waals surface area (Å²) in [5.41, 5.74) is 3.62. The molecule has 3 heterocycles. The number of carbonyl (C=O) groups is 1. The summed E-state index contributed by atoms with van der Waals surface area (Å²) >= 11 is 1.71. The summed E-state index contributed by atoms with van der Waals surface area (Å²) in [5.74, 6) is 1.91. The highest BCUT2D eigenvalue weighted by atomic mass is 32.2. The number of methoxy groups -OCH3 is 1. The highest BCUT2D eigenvalue weighted by Gasteiger charge is 2.55. The van der Waals surface area contributed by atoms with Crippen molar-refractivity contribution in [3.8, 4) is 5.75 Å². The number of nitrogens with one attached hydrogen (secondary N) is 1. The third kappa shape index (κ3) is 4.38. The van der Waals surface area contributed by atoms with Gasteiger partial charge in [-0.15, -0.1) is 11.8 Å². The Balaban J connectivity index is 1.45. The van der Waals surface area contributed by atoms with Gasteiger partial charge in [-0.3, -0.25) is 4.90 Å². The molecule has 1 N–H and O–H groups in total. The highest BCUT2D eigenvalue weighted by Crippen LogP contribution is 2.42. The second-order valence-electron chi connectivity index (χ2n) is 9.57. The van der Waals surface area contributed by atoms with Crippen molar-refractivity contribution in [1.29, 1.82) is 0 Å². The van der Waals surface area contributed by atoms with Crippen LogP contribution in [0.2, 0.25) is 0 Å². The number of imidazole rings is 1. The molecule has 39 heavy (non-hydrogen) atoms. The van der Waals surface area contributed by atoms with Crippen molar-refractivity contribution < 1.29 is 9.53 Å². The molecule has 1 saturated heterocycles. The van der Waals surface area contributed by atoms with Gasteiger partial charge in [-0.25, -0.2) is 19.8 Å². The maximum Gasteiger partial charge on any atom is 0.324 e. The van der Waals surface area contributed by atoms with Gasteiger partial charge in [0, 0.05) is 4.90 Å². The average molecular weight is 537 g/mol. The Morgan fingerprint density at radius 3 is 2.33 bits per heavy atom. The highest BCUT2D eigenvalue weighted by molar-refractivity contribution is 7.98. The second-order valence-corrected chi connectivity index (χ2v) is 10.5. The molecule has 196 valence electrons. The molecule has 1 atom stereocenters. The number of nitrogens with zero attached hydrogens (tertiary/aromatic N) is 5. The number of amides is 2. The molecule has 3 aromatic carbocycles. The second kappa shape index (κ2) is 10.1. The van der Waals surface area contributed by atoms with E-state index in [9.17, 15) is 4.79 Å². The van der Waals surface area contributed by atoms with Crippen LogP contribution in [-0.4, -0.2) is 46.0 Å². The van der Waals surface area contributed by atoms with E-state index in [0.717, 1.165) is 28.0 Å². The van der Waals surface area contributed by atoms with E-state index in [-0.39, 0.29) is 6.03 Å². The van der Waals surface area contributed by atoms with Crippen molar-refractivity contribution in [3.05, 3.63) is 107 Å². The first-order valence-electron chi connectivity index (χ1n) is 12.6. The van der Waals surface area contributed by atoms with E-state index < -0.39 is 5.54 Å². The van der Waals surface area contributed by atoms with Gasteiger partial charge >= 0.3 is 6.03 Å². The summed E-state index contributed by atoms with van der Waals surface area (Å²) in [6.45, 7) is 3.00. The number of urea groups is 1. The quantitative estimate of drug-likeness (QED) is 0.316. The molecule has 1 fully saturated rings. The van der Waals surface area contributed by atoms with Crippen LogP contribution in [0.15, 0.2) is 94.0 Å². The van der Waals surface area contributed by atoms with E-state index in [2.05, 4.69) is 35.8 Å². The molecular weight excluding hydrogens is 508 g/mol. The van der Waals surface area contributed by atoms with Gasteiger partial charge in [-0.1, -0.05) is 54.1 Å². The standard InChI is InChI=1S/C30H28N6O2S/c1-20-4-6-22(7-5-20)17-36-28-30(34-29(36)37,23-10-12-24(38-2)13-11-23)26-27(31-18-32-28)35(19-33-26)16-21-8-14-25(39-3)15-9-21/h4-15,18-19H,16-17H2,1-3H3,(H,34,37). The Morgan fingerprint density at radius 1 is 0.949 bits per heavy atom. The maximum absolute atomic E-state index is 13.6. The molecule has 8 nitrogen and oxygen atoms in total. The summed E-state index contributed by atoms with van der Waals surface area (Å²) in [6.07, 6.45) is 5.37. The maximum atomic E-state index is 13.6. The van der Waals surface area contributed by atoms with Crippen molar-refractivity contribution in [3.63, 3.8) is 0 Å². The minimum Gasteiger partial charge on any atom is -0.497 e. The molecule has 0 bridgehead atoms. The first-order chi connectivity index (χ1) is 19.0. The van der Waals surface area contributed by atoms with Crippen LogP contribution in [-0.2, 0) is 18.6 Å². The number of thioether (sulfide) groups is 1. The predicted molar refractivity (Wildman–Crippen MR) is 154 cm³/mol. The molecule has 0 aliphatic carbocycles. The normalized spacial score (nSPS) is 17.8. The molecule has 2 amide bonds. The van der Waals surface area contributed by atoms with Crippen LogP contribution in [0.1, 0.15) is 27.9 Å². The molecule has 0 spiro atoms. The van der Waals surface area contributed by atoms with Crippen LogP contribution < -0.4 is 10.1 Å². The molecule has 9 heteroatoms. The van der Waals surface area contributed by atoms with Crippen LogP contribution in [0.3, 0.4) is 0 Å². The van der Waals surface area contributed by atoms with E-state index in [1.807, 2.05) is 60.0 Å². The Bertz CT molecular complexity index is 1580. The first-order valence-corrected chi connectivity index (χ1v) is 13.8. The zero-order chi connectivity index (χ0) is 27.0. The van der Waals surface area contributed by atoms with Crippen molar-refractivity contribution in [1.82, 2.24) is 19.8 Å². The zero-order valence-corrected chi connectivity index (χ0v) is 22.8. The molecule has 0 radical (unpaired) electrons. The molecule has 4 aromatic rings. The monoisotopic (exact) mass is 536 g/mol. The van der Waals surface area contributed by atoms with Gasteiger partial charge in [0.1, 0.15) is 17.8 Å². The number of carbonyl (C=O) groups excluding carboxylic acids is 1. The number of hydrogen-bond acceptors (Lipinski definition) is 6. The lowest BCUT2D eigenvalue weighted by Crippen LogP contribution is -2.45. The largest absolute Gasteiger partial charge is 0.497 e. The number of rotatable bonds is 7. The fraction of sp³-hybridized carbons (Fsp3) is 0.200. The van der Waals surface area contributed by atoms with Gasteiger partial charge in [0.05, 0.1) is 26.5 Å². The SMILES string of the molecule is COc1ccc(C23NC(=O)N(Cc4ccc(C)cc4)C2=NC=Nc2c3ncn2Cc2ccc(SC)cc2)cc1. The van der Waals surface area contributed by atoms with Crippen molar-refractivity contribution in [2.24, 2.45) is 9.98 Å². The topological polar surface area (TPSA) is 84.1 Å². The lowest BCUT2D eigenvalue weighted by atomic mass is 9.85. The third-order valence-corrected chi connectivity index (χ3v) is 7.90. The molecule has 2 aliphatic rings. The average Bonchev–Trinajstić information content (AvgIpc) is 3.43. The van der Waals surface area contributed by atoms with Crippen molar-refractivity contribution in [2.75, 3.05) is 13.4 Å². The lowest BCUT2D eigenvalue weighted by Gasteiger charge is -2.28. The van der Waals surface area contributed by atoms with Crippen LogP contribution in [0, 0.1) is 6.92 Å². The number of fused-ring (bicyclic) bond motifs is 3. The number of amidine groups is 1. The van der Waals surface area contributed by atoms with Gasteiger partial charge < -0.3 is 14.6 Å². The smallest absolute Gasteiger partial charge is 0.324 e. The van der Waals surface area contributed by atoms with Crippen LogP contribution in [0.5, 0.6) is 5.75 Å². The summed E-state index contributed by atoms with van der Waals surface area (Å²) in [4.78, 5) is 30.8. The third-order valence-electron chi connectivity index (χ3n) is 7.15.